The van der Waals surface area contributed by atoms with Crippen LogP contribution in [0.25, 0.3) is 0 Å². The first-order valence-electron chi connectivity index (χ1n) is 9.91. The number of ether oxygens (including phenoxy) is 1. The summed E-state index contributed by atoms with van der Waals surface area (Å²) in [6.45, 7) is 0.478. The minimum absolute atomic E-state index is 0.0276. The highest BCUT2D eigenvalue weighted by Gasteiger charge is 2.44. The molecule has 0 saturated carbocycles. The Hall–Kier alpha value is -3.33. The maximum absolute atomic E-state index is 14.0. The number of amides is 3. The normalized spacial score (nSPS) is 21.0. The molecule has 2 aromatic carbocycles. The number of rotatable bonds is 5. The first kappa shape index (κ1) is 20.9. The van der Waals surface area contributed by atoms with E-state index in [1.54, 1.807) is 0 Å². The standard InChI is InChI=1S/C22H21F2N3O4/c23-15-6-7-17(24)16(10-15)21(29)26-8-9-27-19(11-26)20(28)25-18(22(27)30)13-31-12-14-4-2-1-3-5-14/h1-7,10,18-19H,8-9,11-13H2,(H,25,28)/t18-,19+/m0/s1. The van der Waals surface area contributed by atoms with Crippen molar-refractivity contribution >= 4 is 17.7 Å². The van der Waals surface area contributed by atoms with Gasteiger partial charge in [-0.25, -0.2) is 8.78 Å². The zero-order chi connectivity index (χ0) is 22.0. The third kappa shape index (κ3) is 4.41. The van der Waals surface area contributed by atoms with Gasteiger partial charge in [0.25, 0.3) is 5.91 Å². The van der Waals surface area contributed by atoms with Gasteiger partial charge in [0.1, 0.15) is 23.7 Å². The van der Waals surface area contributed by atoms with Crippen molar-refractivity contribution in [1.82, 2.24) is 15.1 Å². The molecule has 31 heavy (non-hydrogen) atoms. The summed E-state index contributed by atoms with van der Waals surface area (Å²) in [7, 11) is 0. The average molecular weight is 429 g/mol. The summed E-state index contributed by atoms with van der Waals surface area (Å²) in [6, 6.07) is 10.4. The van der Waals surface area contributed by atoms with E-state index in [1.165, 1.54) is 9.80 Å². The quantitative estimate of drug-likeness (QED) is 0.778. The maximum atomic E-state index is 14.0. The van der Waals surface area contributed by atoms with E-state index in [0.717, 1.165) is 23.8 Å². The molecule has 2 aliphatic rings. The molecule has 0 aliphatic carbocycles. The molecule has 0 unspecified atom stereocenters. The van der Waals surface area contributed by atoms with Crippen molar-refractivity contribution in [2.75, 3.05) is 26.2 Å². The van der Waals surface area contributed by atoms with Crippen molar-refractivity contribution in [1.29, 1.82) is 0 Å². The van der Waals surface area contributed by atoms with Crippen LogP contribution in [0, 0.1) is 11.6 Å². The van der Waals surface area contributed by atoms with Crippen molar-refractivity contribution in [3.63, 3.8) is 0 Å². The molecule has 0 aromatic heterocycles. The van der Waals surface area contributed by atoms with E-state index in [2.05, 4.69) is 5.32 Å². The first-order chi connectivity index (χ1) is 14.9. The molecule has 2 atom stereocenters. The van der Waals surface area contributed by atoms with E-state index in [-0.39, 0.29) is 32.1 Å². The van der Waals surface area contributed by atoms with Crippen LogP contribution in [0.2, 0.25) is 0 Å². The van der Waals surface area contributed by atoms with Crippen LogP contribution in [0.5, 0.6) is 0 Å². The molecule has 2 heterocycles. The fourth-order valence-corrected chi connectivity index (χ4v) is 3.80. The highest BCUT2D eigenvalue weighted by Crippen LogP contribution is 2.20. The van der Waals surface area contributed by atoms with Crippen LogP contribution in [0.3, 0.4) is 0 Å². The van der Waals surface area contributed by atoms with Gasteiger partial charge >= 0.3 is 0 Å². The van der Waals surface area contributed by atoms with Crippen molar-refractivity contribution in [2.24, 2.45) is 0 Å². The Morgan fingerprint density at radius 3 is 2.65 bits per heavy atom. The number of piperazine rings is 2. The van der Waals surface area contributed by atoms with E-state index in [9.17, 15) is 23.2 Å². The Balaban J connectivity index is 1.38. The molecule has 162 valence electrons. The Kier molecular flexibility index (Phi) is 5.94. The summed E-state index contributed by atoms with van der Waals surface area (Å²) in [5, 5.41) is 2.64. The monoisotopic (exact) mass is 429 g/mol. The van der Waals surface area contributed by atoms with Crippen LogP contribution >= 0.6 is 0 Å². The number of hydrogen-bond donors (Lipinski definition) is 1. The number of nitrogens with zero attached hydrogens (tertiary/aromatic N) is 2. The van der Waals surface area contributed by atoms with Gasteiger partial charge in [-0.15, -0.1) is 0 Å². The van der Waals surface area contributed by atoms with Crippen molar-refractivity contribution < 1.29 is 27.9 Å². The van der Waals surface area contributed by atoms with E-state index in [1.807, 2.05) is 30.3 Å². The van der Waals surface area contributed by atoms with Crippen molar-refractivity contribution in [2.45, 2.75) is 18.7 Å². The van der Waals surface area contributed by atoms with Gasteiger partial charge in [0.05, 0.1) is 25.3 Å². The minimum atomic E-state index is -0.882. The highest BCUT2D eigenvalue weighted by atomic mass is 19.1. The lowest BCUT2D eigenvalue weighted by atomic mass is 10.0. The molecule has 0 spiro atoms. The molecule has 0 radical (unpaired) electrons. The van der Waals surface area contributed by atoms with E-state index in [0.29, 0.717) is 6.61 Å². The molecule has 2 saturated heterocycles. The SMILES string of the molecule is O=C1N[C@@H](COCc2ccccc2)C(=O)N2CCN(C(=O)c3cc(F)ccc3F)C[C@H]12. The second-order valence-corrected chi connectivity index (χ2v) is 7.48. The van der Waals surface area contributed by atoms with Crippen LogP contribution in [0.1, 0.15) is 15.9 Å². The summed E-state index contributed by atoms with van der Waals surface area (Å²) >= 11 is 0. The third-order valence-electron chi connectivity index (χ3n) is 5.42. The second kappa shape index (κ2) is 8.81. The van der Waals surface area contributed by atoms with Crippen LogP contribution in [-0.2, 0) is 20.9 Å². The number of carbonyl (C=O) groups excluding carboxylic acids is 3. The van der Waals surface area contributed by atoms with Gasteiger partial charge in [-0.1, -0.05) is 30.3 Å². The molecule has 7 nitrogen and oxygen atoms in total. The van der Waals surface area contributed by atoms with Gasteiger partial charge < -0.3 is 19.9 Å². The molecule has 4 rings (SSSR count). The summed E-state index contributed by atoms with van der Waals surface area (Å²) in [5.41, 5.74) is 0.551. The minimum Gasteiger partial charge on any atom is -0.374 e. The highest BCUT2D eigenvalue weighted by molar-refractivity contribution is 5.99. The summed E-state index contributed by atoms with van der Waals surface area (Å²) < 4.78 is 33.0. The predicted molar refractivity (Wildman–Crippen MR) is 106 cm³/mol. The average Bonchev–Trinajstić information content (AvgIpc) is 2.78. The number of carbonyl (C=O) groups is 3. The molecule has 1 N–H and O–H groups in total. The largest absolute Gasteiger partial charge is 0.374 e. The Bertz CT molecular complexity index is 1000. The van der Waals surface area contributed by atoms with Crippen LogP contribution in [-0.4, -0.2) is 65.8 Å². The van der Waals surface area contributed by atoms with Crippen LogP contribution in [0.4, 0.5) is 8.78 Å². The summed E-state index contributed by atoms with van der Waals surface area (Å²) in [4.78, 5) is 40.7. The van der Waals surface area contributed by atoms with Gasteiger partial charge in [0.2, 0.25) is 11.8 Å². The maximum Gasteiger partial charge on any atom is 0.257 e. The zero-order valence-corrected chi connectivity index (χ0v) is 16.6. The number of hydrogen-bond acceptors (Lipinski definition) is 4. The molecule has 2 aromatic rings. The Labute approximate surface area is 177 Å². The van der Waals surface area contributed by atoms with E-state index < -0.39 is 41.1 Å². The smallest absolute Gasteiger partial charge is 0.257 e. The predicted octanol–water partition coefficient (Wildman–Crippen LogP) is 1.33. The second-order valence-electron chi connectivity index (χ2n) is 7.48. The molecule has 9 heteroatoms. The summed E-state index contributed by atoms with van der Waals surface area (Å²) in [6.07, 6.45) is 0. The van der Waals surface area contributed by atoms with Gasteiger partial charge in [0, 0.05) is 13.1 Å². The molecule has 3 amide bonds. The Morgan fingerprint density at radius 1 is 1.10 bits per heavy atom. The molecule has 2 fully saturated rings. The fraction of sp³-hybridized carbons (Fsp3) is 0.318. The van der Waals surface area contributed by atoms with Gasteiger partial charge in [-0.3, -0.25) is 14.4 Å². The topological polar surface area (TPSA) is 79.0 Å². The fourth-order valence-electron chi connectivity index (χ4n) is 3.80. The molecular weight excluding hydrogens is 408 g/mol. The van der Waals surface area contributed by atoms with E-state index in [4.69, 9.17) is 4.74 Å². The third-order valence-corrected chi connectivity index (χ3v) is 5.42. The lowest BCUT2D eigenvalue weighted by molar-refractivity contribution is -0.154. The van der Waals surface area contributed by atoms with Crippen LogP contribution in [0.15, 0.2) is 48.5 Å². The molecule has 2 aliphatic heterocycles. The lowest BCUT2D eigenvalue weighted by Gasteiger charge is -2.45. The zero-order valence-electron chi connectivity index (χ0n) is 16.6. The lowest BCUT2D eigenvalue weighted by Crippen LogP contribution is -2.70. The van der Waals surface area contributed by atoms with Gasteiger partial charge in [-0.2, -0.15) is 0 Å². The first-order valence-corrected chi connectivity index (χ1v) is 9.91. The molecular formula is C22H21F2N3O4. The van der Waals surface area contributed by atoms with Crippen molar-refractivity contribution in [3.8, 4) is 0 Å². The number of halogens is 2. The Morgan fingerprint density at radius 2 is 1.87 bits per heavy atom. The van der Waals surface area contributed by atoms with Crippen LogP contribution < -0.4 is 5.32 Å². The van der Waals surface area contributed by atoms with Gasteiger partial charge in [0.15, 0.2) is 0 Å². The number of fused-ring (bicyclic) bond motifs is 1. The van der Waals surface area contributed by atoms with Gasteiger partial charge in [-0.05, 0) is 23.8 Å². The summed E-state index contributed by atoms with van der Waals surface area (Å²) in [5.74, 6) is -2.99. The molecule has 0 bridgehead atoms. The number of benzene rings is 2. The number of nitrogens with one attached hydrogen (secondary N) is 1. The van der Waals surface area contributed by atoms with E-state index >= 15 is 0 Å². The van der Waals surface area contributed by atoms with Crippen molar-refractivity contribution in [3.05, 3.63) is 71.3 Å².